The lowest BCUT2D eigenvalue weighted by Gasteiger charge is -2.13. The normalized spacial score (nSPS) is 11.0. The third-order valence-corrected chi connectivity index (χ3v) is 4.00. The lowest BCUT2D eigenvalue weighted by atomic mass is 10.2. The van der Waals surface area contributed by atoms with Crippen molar-refractivity contribution in [3.63, 3.8) is 0 Å². The molecule has 0 aliphatic rings. The second kappa shape index (κ2) is 8.69. The number of aromatic nitrogens is 3. The second-order valence-corrected chi connectivity index (χ2v) is 6.09. The maximum absolute atomic E-state index is 6.19. The highest BCUT2D eigenvalue weighted by atomic mass is 35.5. The molecule has 134 valence electrons. The van der Waals surface area contributed by atoms with Crippen LogP contribution in [0.1, 0.15) is 18.1 Å². The molecule has 0 unspecified atom stereocenters. The molecule has 0 fully saturated rings. The highest BCUT2D eigenvalue weighted by Gasteiger charge is 2.08. The summed E-state index contributed by atoms with van der Waals surface area (Å²) in [5.74, 6) is 1.25. The maximum atomic E-state index is 6.19. The number of hydrogen-bond acceptors (Lipinski definition) is 5. The Morgan fingerprint density at radius 3 is 2.58 bits per heavy atom. The summed E-state index contributed by atoms with van der Waals surface area (Å²) in [4.78, 5) is 0. The molecular weight excluding hydrogens is 375 g/mol. The lowest BCUT2D eigenvalue weighted by molar-refractivity contribution is 0.269. The molecule has 0 aliphatic heterocycles. The van der Waals surface area contributed by atoms with Gasteiger partial charge in [-0.05, 0) is 42.8 Å². The molecular formula is C18H16Cl2N4O2. The fourth-order valence-corrected chi connectivity index (χ4v) is 2.64. The standard InChI is InChI=1S/C18H16Cl2N4O2/c1-2-25-18-7-13(9-23-24-11-21-22-12-24)3-6-17(18)26-10-14-4-5-15(19)8-16(14)20/h3-9,11-12H,2,10H2,1H3/b23-9+. The van der Waals surface area contributed by atoms with Gasteiger partial charge in [0.1, 0.15) is 19.3 Å². The molecule has 3 rings (SSSR count). The van der Waals surface area contributed by atoms with Gasteiger partial charge in [-0.1, -0.05) is 29.3 Å². The van der Waals surface area contributed by atoms with Gasteiger partial charge in [0.15, 0.2) is 11.5 Å². The van der Waals surface area contributed by atoms with E-state index in [1.54, 1.807) is 18.3 Å². The Morgan fingerprint density at radius 1 is 1.04 bits per heavy atom. The summed E-state index contributed by atoms with van der Waals surface area (Å²) >= 11 is 12.1. The second-order valence-electron chi connectivity index (χ2n) is 5.25. The quantitative estimate of drug-likeness (QED) is 0.559. The fraction of sp³-hybridized carbons (Fsp3) is 0.167. The minimum Gasteiger partial charge on any atom is -0.490 e. The lowest BCUT2D eigenvalue weighted by Crippen LogP contribution is -2.01. The van der Waals surface area contributed by atoms with E-state index in [-0.39, 0.29) is 0 Å². The molecule has 0 saturated carbocycles. The van der Waals surface area contributed by atoms with Crippen LogP contribution in [0.4, 0.5) is 0 Å². The van der Waals surface area contributed by atoms with E-state index in [4.69, 9.17) is 32.7 Å². The first-order valence-electron chi connectivity index (χ1n) is 7.88. The molecule has 6 nitrogen and oxygen atoms in total. The van der Waals surface area contributed by atoms with Gasteiger partial charge in [-0.25, -0.2) is 4.68 Å². The van der Waals surface area contributed by atoms with Crippen LogP contribution in [0.3, 0.4) is 0 Å². The minimum atomic E-state index is 0.310. The minimum absolute atomic E-state index is 0.310. The third kappa shape index (κ3) is 4.74. The summed E-state index contributed by atoms with van der Waals surface area (Å²) in [6, 6.07) is 10.9. The number of benzene rings is 2. The van der Waals surface area contributed by atoms with E-state index in [0.29, 0.717) is 34.8 Å². The van der Waals surface area contributed by atoms with Crippen LogP contribution >= 0.6 is 23.2 Å². The molecule has 0 radical (unpaired) electrons. The number of hydrogen-bond donors (Lipinski definition) is 0. The molecule has 0 saturated heterocycles. The molecule has 1 heterocycles. The van der Waals surface area contributed by atoms with Crippen LogP contribution in [-0.4, -0.2) is 27.7 Å². The largest absolute Gasteiger partial charge is 0.490 e. The summed E-state index contributed by atoms with van der Waals surface area (Å²) in [7, 11) is 0. The highest BCUT2D eigenvalue weighted by Crippen LogP contribution is 2.30. The van der Waals surface area contributed by atoms with Crippen LogP contribution in [-0.2, 0) is 6.61 Å². The summed E-state index contributed by atoms with van der Waals surface area (Å²) in [6.07, 6.45) is 4.70. The van der Waals surface area contributed by atoms with Gasteiger partial charge < -0.3 is 9.47 Å². The monoisotopic (exact) mass is 390 g/mol. The number of ether oxygens (including phenoxy) is 2. The van der Waals surface area contributed by atoms with Crippen molar-refractivity contribution in [2.45, 2.75) is 13.5 Å². The molecule has 0 spiro atoms. The van der Waals surface area contributed by atoms with Gasteiger partial charge in [-0.3, -0.25) is 0 Å². The Kier molecular flexibility index (Phi) is 6.09. The Hall–Kier alpha value is -2.57. The molecule has 0 aliphatic carbocycles. The van der Waals surface area contributed by atoms with E-state index in [9.17, 15) is 0 Å². The number of rotatable bonds is 7. The Balaban J connectivity index is 1.75. The van der Waals surface area contributed by atoms with Gasteiger partial charge in [0.25, 0.3) is 0 Å². The predicted molar refractivity (Wildman–Crippen MR) is 101 cm³/mol. The zero-order valence-electron chi connectivity index (χ0n) is 14.0. The molecule has 0 atom stereocenters. The van der Waals surface area contributed by atoms with Crippen LogP contribution in [0.15, 0.2) is 54.2 Å². The highest BCUT2D eigenvalue weighted by molar-refractivity contribution is 6.35. The number of nitrogens with zero attached hydrogens (tertiary/aromatic N) is 4. The van der Waals surface area contributed by atoms with Crippen molar-refractivity contribution in [2.24, 2.45) is 5.10 Å². The summed E-state index contributed by atoms with van der Waals surface area (Å²) in [5.41, 5.74) is 1.70. The molecule has 26 heavy (non-hydrogen) atoms. The van der Waals surface area contributed by atoms with Crippen molar-refractivity contribution < 1.29 is 9.47 Å². The van der Waals surface area contributed by atoms with Gasteiger partial charge in [0, 0.05) is 15.6 Å². The van der Waals surface area contributed by atoms with Crippen molar-refractivity contribution in [2.75, 3.05) is 6.61 Å². The van der Waals surface area contributed by atoms with Crippen LogP contribution in [0, 0.1) is 0 Å². The third-order valence-electron chi connectivity index (χ3n) is 3.41. The molecule has 0 N–H and O–H groups in total. The van der Waals surface area contributed by atoms with Crippen LogP contribution in [0.5, 0.6) is 11.5 Å². The van der Waals surface area contributed by atoms with E-state index in [2.05, 4.69) is 15.3 Å². The molecule has 1 aromatic heterocycles. The first-order chi connectivity index (χ1) is 12.7. The maximum Gasteiger partial charge on any atom is 0.161 e. The number of halogens is 2. The van der Waals surface area contributed by atoms with E-state index in [0.717, 1.165) is 11.1 Å². The first kappa shape index (κ1) is 18.2. The van der Waals surface area contributed by atoms with E-state index in [1.165, 1.54) is 17.3 Å². The van der Waals surface area contributed by atoms with Crippen LogP contribution in [0.2, 0.25) is 10.0 Å². The first-order valence-corrected chi connectivity index (χ1v) is 8.64. The summed E-state index contributed by atoms with van der Waals surface area (Å²) < 4.78 is 13.1. The Bertz CT molecular complexity index is 898. The Morgan fingerprint density at radius 2 is 1.85 bits per heavy atom. The van der Waals surface area contributed by atoms with Crippen molar-refractivity contribution >= 4 is 29.4 Å². The topological polar surface area (TPSA) is 61.5 Å². The zero-order valence-corrected chi connectivity index (χ0v) is 15.5. The predicted octanol–water partition coefficient (Wildman–Crippen LogP) is 4.44. The Labute approximate surface area is 161 Å². The van der Waals surface area contributed by atoms with Gasteiger partial charge in [0.05, 0.1) is 12.8 Å². The average Bonchev–Trinajstić information content (AvgIpc) is 3.14. The van der Waals surface area contributed by atoms with Gasteiger partial charge >= 0.3 is 0 Å². The van der Waals surface area contributed by atoms with Crippen molar-refractivity contribution in [3.8, 4) is 11.5 Å². The molecule has 2 aromatic carbocycles. The van der Waals surface area contributed by atoms with Gasteiger partial charge in [0.2, 0.25) is 0 Å². The van der Waals surface area contributed by atoms with Crippen LogP contribution in [0.25, 0.3) is 0 Å². The van der Waals surface area contributed by atoms with Crippen molar-refractivity contribution in [3.05, 3.63) is 70.2 Å². The van der Waals surface area contributed by atoms with E-state index < -0.39 is 0 Å². The smallest absolute Gasteiger partial charge is 0.161 e. The van der Waals surface area contributed by atoms with E-state index >= 15 is 0 Å². The summed E-state index contributed by atoms with van der Waals surface area (Å²) in [6.45, 7) is 2.74. The van der Waals surface area contributed by atoms with E-state index in [1.807, 2.05) is 31.2 Å². The SMILES string of the molecule is CCOc1cc(/C=N/n2cnnc2)ccc1OCc1ccc(Cl)cc1Cl. The molecule has 0 amide bonds. The fourth-order valence-electron chi connectivity index (χ4n) is 2.17. The van der Waals surface area contributed by atoms with Gasteiger partial charge in [-0.2, -0.15) is 5.10 Å². The average molecular weight is 391 g/mol. The van der Waals surface area contributed by atoms with Crippen molar-refractivity contribution in [1.82, 2.24) is 14.9 Å². The van der Waals surface area contributed by atoms with Crippen LogP contribution < -0.4 is 9.47 Å². The molecule has 8 heteroatoms. The zero-order chi connectivity index (χ0) is 18.4. The van der Waals surface area contributed by atoms with Gasteiger partial charge in [-0.15, -0.1) is 10.2 Å². The molecule has 0 bridgehead atoms. The van der Waals surface area contributed by atoms with Crippen molar-refractivity contribution in [1.29, 1.82) is 0 Å². The summed E-state index contributed by atoms with van der Waals surface area (Å²) in [5, 5.41) is 12.8. The molecule has 3 aromatic rings.